The highest BCUT2D eigenvalue weighted by atomic mass is 32.2. The van der Waals surface area contributed by atoms with Crippen molar-refractivity contribution in [2.24, 2.45) is 11.7 Å². The molecule has 4 aliphatic rings. The molecule has 0 spiro atoms. The van der Waals surface area contributed by atoms with Crippen LogP contribution in [0.2, 0.25) is 0 Å². The Morgan fingerprint density at radius 3 is 2.08 bits per heavy atom. The molecule has 4 saturated heterocycles. The number of primary amides is 1. The average Bonchev–Trinajstić information content (AvgIpc) is 3.92. The molecular weight excluding hydrogens is 1100 g/mol. The van der Waals surface area contributed by atoms with Gasteiger partial charge in [-0.3, -0.25) is 68.7 Å². The predicted molar refractivity (Wildman–Crippen MR) is 296 cm³/mol. The Morgan fingerprint density at radius 1 is 0.795 bits per heavy atom. The Morgan fingerprint density at radius 2 is 1.46 bits per heavy atom. The second-order valence-electron chi connectivity index (χ2n) is 21.8. The van der Waals surface area contributed by atoms with Gasteiger partial charge in [0.2, 0.25) is 29.5 Å². The van der Waals surface area contributed by atoms with Crippen molar-refractivity contribution in [2.45, 2.75) is 170 Å². The van der Waals surface area contributed by atoms with Gasteiger partial charge in [-0.25, -0.2) is 0 Å². The molecule has 6 unspecified atom stereocenters. The number of thioether (sulfide) groups is 1. The second kappa shape index (κ2) is 29.6. The summed E-state index contributed by atoms with van der Waals surface area (Å²) >= 11 is 0.700. The lowest BCUT2D eigenvalue weighted by Gasteiger charge is -2.36. The van der Waals surface area contributed by atoms with E-state index in [1.807, 2.05) is 0 Å². The summed E-state index contributed by atoms with van der Waals surface area (Å²) in [6.45, 7) is 2.98. The van der Waals surface area contributed by atoms with Crippen LogP contribution in [0.5, 0.6) is 11.5 Å². The van der Waals surface area contributed by atoms with Crippen molar-refractivity contribution >= 4 is 76.3 Å². The average molecular weight is 1180 g/mol. The van der Waals surface area contributed by atoms with Crippen molar-refractivity contribution in [3.05, 3.63) is 59.7 Å². The molecule has 0 radical (unpaired) electrons. The topological polar surface area (TPSA) is 435 Å². The number of nitrogens with zero attached hydrogens (tertiary/aromatic N) is 1. The quantitative estimate of drug-likeness (QED) is 0.0862. The van der Waals surface area contributed by atoms with Gasteiger partial charge in [0.1, 0.15) is 29.4 Å². The van der Waals surface area contributed by atoms with E-state index in [9.17, 15) is 73.8 Å². The molecule has 83 heavy (non-hydrogen) atoms. The Hall–Kier alpha value is -6.92. The molecule has 4 heterocycles. The van der Waals surface area contributed by atoms with Crippen LogP contribution in [0.15, 0.2) is 48.5 Å². The fourth-order valence-corrected chi connectivity index (χ4v) is 11.9. The van der Waals surface area contributed by atoms with Crippen molar-refractivity contribution in [1.29, 1.82) is 0 Å². The second-order valence-corrected chi connectivity index (χ2v) is 22.8. The Balaban J connectivity index is 1.66. The van der Waals surface area contributed by atoms with E-state index in [2.05, 4.69) is 42.5 Å². The zero-order valence-corrected chi connectivity index (χ0v) is 47.2. The summed E-state index contributed by atoms with van der Waals surface area (Å²) in [5.74, 6) is -16.7. The molecule has 0 aliphatic carbocycles. The fourth-order valence-electron chi connectivity index (χ4n) is 10.8. The van der Waals surface area contributed by atoms with Gasteiger partial charge in [0, 0.05) is 30.7 Å². The summed E-state index contributed by atoms with van der Waals surface area (Å²) in [5, 5.41) is 86.8. The Labute approximate surface area is 482 Å². The molecule has 454 valence electrons. The van der Waals surface area contributed by atoms with Crippen molar-refractivity contribution < 1.29 is 83.4 Å². The number of nitrogens with two attached hydrogens (primary N) is 1. The van der Waals surface area contributed by atoms with Gasteiger partial charge in [-0.2, -0.15) is 11.8 Å². The van der Waals surface area contributed by atoms with E-state index in [4.69, 9.17) is 5.73 Å². The highest BCUT2D eigenvalue weighted by molar-refractivity contribution is 7.99. The molecule has 6 amide bonds. The van der Waals surface area contributed by atoms with Gasteiger partial charge in [-0.15, -0.1) is 0 Å². The number of Topliss-reactive ketones (excluding diaryl/α,β-unsaturated/α-hetero) is 4. The smallest absolute Gasteiger partial charge is 0.303 e. The van der Waals surface area contributed by atoms with E-state index in [0.29, 0.717) is 22.9 Å². The number of hydrogen-bond acceptors (Lipinski definition) is 21. The van der Waals surface area contributed by atoms with Crippen LogP contribution in [0.25, 0.3) is 0 Å². The first-order valence-corrected chi connectivity index (χ1v) is 28.8. The molecule has 0 saturated carbocycles. The Bertz CT molecular complexity index is 2720. The number of hydrogen-bond donors (Lipinski definition) is 15. The lowest BCUT2D eigenvalue weighted by Crippen LogP contribution is -2.62. The van der Waals surface area contributed by atoms with Gasteiger partial charge in [0.25, 0.3) is 11.7 Å². The number of carboxylic acids is 1. The monoisotopic (exact) mass is 1180 g/mol. The fraction of sp³-hybridized carbons (Fsp3) is 0.582. The lowest BCUT2D eigenvalue weighted by molar-refractivity contribution is -0.177. The minimum atomic E-state index is -3.28. The Kier molecular flexibility index (Phi) is 23.2. The maximum Gasteiger partial charge on any atom is 0.303 e. The minimum Gasteiger partial charge on any atom is -0.508 e. The van der Waals surface area contributed by atoms with Crippen LogP contribution in [0.3, 0.4) is 0 Å². The number of phenolic OH excluding ortho intramolecular Hbond substituents is 2. The molecule has 4 bridgehead atoms. The van der Waals surface area contributed by atoms with Crippen molar-refractivity contribution in [3.8, 4) is 11.5 Å². The van der Waals surface area contributed by atoms with Gasteiger partial charge >= 0.3 is 5.97 Å². The largest absolute Gasteiger partial charge is 0.508 e. The number of nitrogens with one attached hydrogen (secondary N) is 8. The first kappa shape index (κ1) is 65.2. The molecule has 2 aromatic rings. The summed E-state index contributed by atoms with van der Waals surface area (Å²) in [5.41, 5.74) is 6.74. The summed E-state index contributed by atoms with van der Waals surface area (Å²) in [7, 11) is 0. The van der Waals surface area contributed by atoms with Crippen molar-refractivity contribution in [1.82, 2.24) is 47.4 Å². The molecule has 4 aliphatic heterocycles. The van der Waals surface area contributed by atoms with Crippen molar-refractivity contribution in [3.63, 3.8) is 0 Å². The van der Waals surface area contributed by atoms with Crippen LogP contribution >= 0.6 is 11.8 Å². The summed E-state index contributed by atoms with van der Waals surface area (Å²) in [6, 6.07) is -3.42. The normalized spacial score (nSPS) is 29.2. The van der Waals surface area contributed by atoms with Crippen LogP contribution in [0.1, 0.15) is 89.7 Å². The van der Waals surface area contributed by atoms with Crippen LogP contribution < -0.4 is 48.3 Å². The molecule has 4 fully saturated rings. The molecule has 28 heteroatoms. The van der Waals surface area contributed by atoms with Crippen molar-refractivity contribution in [2.75, 3.05) is 24.6 Å². The number of aromatic hydroxyl groups is 2. The van der Waals surface area contributed by atoms with Gasteiger partial charge in [0.05, 0.1) is 73.3 Å². The molecule has 0 aromatic heterocycles. The standard InChI is InChI=1S/C55H76N10O17S/c1-27-48(74)36-16-18-45-61-37(17-19-46(72)73)50(76)63-39(22-31-8-12-33(69)13-9-31)49(75)34(14-15-35(43(70)24-57-52(78)47(62-36)29(3)67)59-38(28(2)66)21-30-6-10-32(68)11-7-30)41(25-83-26-55(81,82)54(80)64-45)60-40(23-44(56)71)53(79)65-20-4-5-42(65)51(77)58-27/h6-13,27,29,34-42,45,47,59-62,67-69,81-82H,4-5,14-26H2,1-3H3,(H2,56,71)(H,57,78)(H,58,77)(H,63,76)(H,64,80)(H,72,73)/t27?,29-,34?,35?,36?,37+,38+,39+,40+,41?,42+,45?,47+/m1/s1. The summed E-state index contributed by atoms with van der Waals surface area (Å²) in [4.78, 5) is 159. The first-order chi connectivity index (χ1) is 39.2. The number of fused-ring (bicyclic) bond motifs is 16. The summed E-state index contributed by atoms with van der Waals surface area (Å²) < 4.78 is 0. The van der Waals surface area contributed by atoms with Gasteiger partial charge in [-0.1, -0.05) is 24.3 Å². The van der Waals surface area contributed by atoms with Gasteiger partial charge in [0.15, 0.2) is 17.3 Å². The molecule has 6 rings (SSSR count). The molecular formula is C55H76N10O17S. The highest BCUT2D eigenvalue weighted by Gasteiger charge is 2.45. The van der Waals surface area contributed by atoms with E-state index in [1.165, 1.54) is 62.1 Å². The highest BCUT2D eigenvalue weighted by Crippen LogP contribution is 2.28. The van der Waals surface area contributed by atoms with E-state index in [-0.39, 0.29) is 50.1 Å². The number of carboxylic acid groups (broad SMARTS) is 1. The number of benzene rings is 2. The third-order valence-electron chi connectivity index (χ3n) is 15.4. The summed E-state index contributed by atoms with van der Waals surface area (Å²) in [6.07, 6.45) is -6.86. The van der Waals surface area contributed by atoms with Gasteiger partial charge in [-0.05, 0) is 114 Å². The van der Waals surface area contributed by atoms with Gasteiger partial charge < -0.3 is 67.9 Å². The van der Waals surface area contributed by atoms with E-state index in [0.717, 1.165) is 0 Å². The maximum atomic E-state index is 16.1. The SMILES string of the molecule is CC(=O)[C@H](Cc1ccc(O)cc1)NC1CCC2C(=O)[C@H](Cc3ccc(O)cc3)NC(=O)[C@H](CCC(=O)O)NC3CCC(N[C@@H]([C@@H](C)O)C(=O)NCC1=O)C(=O)C(C)NC(=O)[C@@H]1CCCN1C(=O)[C@H](CC(N)=O)NC2CSCC(O)(O)C(=O)N3. The molecule has 2 aromatic carbocycles. The zero-order valence-electron chi connectivity index (χ0n) is 46.3. The van der Waals surface area contributed by atoms with Crippen LogP contribution in [-0.2, 0) is 65.6 Å². The minimum absolute atomic E-state index is 0.0327. The van der Waals surface area contributed by atoms with Crippen LogP contribution in [0.4, 0.5) is 0 Å². The number of carbonyl (C=O) groups excluding carboxylic acids is 10. The maximum absolute atomic E-state index is 16.1. The number of aliphatic carboxylic acids is 1. The van der Waals surface area contributed by atoms with E-state index >= 15 is 9.59 Å². The van der Waals surface area contributed by atoms with E-state index < -0.39 is 206 Å². The number of aliphatic hydroxyl groups excluding tert-OH is 1. The number of phenols is 2. The number of rotatable bonds is 13. The molecule has 16 N–H and O–H groups in total. The first-order valence-electron chi connectivity index (χ1n) is 27.6. The molecule has 27 nitrogen and oxygen atoms in total. The predicted octanol–water partition coefficient (Wildman–Crippen LogP) is -3.59. The van der Waals surface area contributed by atoms with E-state index in [1.54, 1.807) is 12.1 Å². The number of aliphatic hydroxyl groups is 3. The van der Waals surface area contributed by atoms with Crippen LogP contribution in [-0.4, -0.2) is 203 Å². The number of ketones is 4. The molecule has 13 atom stereocenters. The number of carbonyl (C=O) groups is 11. The zero-order chi connectivity index (χ0) is 60.9. The third kappa shape index (κ3) is 18.3. The third-order valence-corrected chi connectivity index (χ3v) is 16.6. The lowest BCUT2D eigenvalue weighted by atomic mass is 9.83. The van der Waals surface area contributed by atoms with Crippen LogP contribution in [0, 0.1) is 5.92 Å². The number of amides is 6.